The first-order chi connectivity index (χ1) is 8.98. The van der Waals surface area contributed by atoms with Crippen molar-refractivity contribution in [3.05, 3.63) is 15.8 Å². The summed E-state index contributed by atoms with van der Waals surface area (Å²) in [4.78, 5) is 2.08. The van der Waals surface area contributed by atoms with E-state index in [1.165, 1.54) is 15.6 Å². The van der Waals surface area contributed by atoms with Crippen LogP contribution in [0.4, 0.5) is 0 Å². The molecule has 2 heterocycles. The fourth-order valence-corrected chi connectivity index (χ4v) is 5.51. The third-order valence-electron chi connectivity index (χ3n) is 3.35. The van der Waals surface area contributed by atoms with Gasteiger partial charge < -0.3 is 4.74 Å². The Morgan fingerprint density at radius 1 is 1.58 bits per heavy atom. The number of hydrogen-bond acceptors (Lipinski definition) is 4. The number of thiophene rings is 1. The predicted molar refractivity (Wildman–Crippen MR) is 77.4 cm³/mol. The van der Waals surface area contributed by atoms with Crippen molar-refractivity contribution in [2.75, 3.05) is 20.2 Å². The molecule has 19 heavy (non-hydrogen) atoms. The molecule has 0 amide bonds. The van der Waals surface area contributed by atoms with Crippen LogP contribution in [-0.4, -0.2) is 39.0 Å². The minimum atomic E-state index is -3.42. The van der Waals surface area contributed by atoms with Crippen LogP contribution < -0.4 is 0 Å². The van der Waals surface area contributed by atoms with Crippen LogP contribution in [0.2, 0.25) is 0 Å². The summed E-state index contributed by atoms with van der Waals surface area (Å²) < 4.78 is 32.1. The first kappa shape index (κ1) is 15.3. The van der Waals surface area contributed by atoms with Gasteiger partial charge in [-0.05, 0) is 25.8 Å². The molecule has 0 aliphatic carbocycles. The highest BCUT2D eigenvalue weighted by atomic mass is 35.5. The van der Waals surface area contributed by atoms with Crippen molar-refractivity contribution >= 4 is 33.0 Å². The normalized spacial score (nSPS) is 21.7. The topological polar surface area (TPSA) is 46.6 Å². The lowest BCUT2D eigenvalue weighted by Crippen LogP contribution is -2.42. The molecule has 0 aromatic carbocycles. The number of sulfonamides is 1. The Labute approximate surface area is 123 Å². The summed E-state index contributed by atoms with van der Waals surface area (Å²) in [5.41, 5.74) is 0. The molecular weight excluding hydrogens is 306 g/mol. The monoisotopic (exact) mass is 323 g/mol. The van der Waals surface area contributed by atoms with Crippen LogP contribution in [0.15, 0.2) is 11.0 Å². The van der Waals surface area contributed by atoms with E-state index in [0.29, 0.717) is 23.9 Å². The van der Waals surface area contributed by atoms with E-state index in [1.54, 1.807) is 13.2 Å². The Hall–Kier alpha value is -0.140. The van der Waals surface area contributed by atoms with Crippen LogP contribution >= 0.6 is 22.9 Å². The second kappa shape index (κ2) is 6.10. The van der Waals surface area contributed by atoms with E-state index in [9.17, 15) is 8.42 Å². The van der Waals surface area contributed by atoms with Crippen molar-refractivity contribution in [2.45, 2.75) is 36.6 Å². The van der Waals surface area contributed by atoms with Gasteiger partial charge in [0.2, 0.25) is 10.0 Å². The summed E-state index contributed by atoms with van der Waals surface area (Å²) in [5, 5.41) is 0. The van der Waals surface area contributed by atoms with Gasteiger partial charge in [0.1, 0.15) is 0 Å². The maximum Gasteiger partial charge on any atom is 0.244 e. The van der Waals surface area contributed by atoms with Crippen molar-refractivity contribution in [3.63, 3.8) is 0 Å². The molecule has 1 aliphatic rings. The highest BCUT2D eigenvalue weighted by Crippen LogP contribution is 2.30. The molecule has 1 saturated heterocycles. The van der Waals surface area contributed by atoms with Gasteiger partial charge >= 0.3 is 0 Å². The van der Waals surface area contributed by atoms with E-state index in [1.807, 2.05) is 6.92 Å². The molecule has 1 aromatic rings. The van der Waals surface area contributed by atoms with Gasteiger partial charge in [0, 0.05) is 30.0 Å². The van der Waals surface area contributed by atoms with Gasteiger partial charge in [-0.1, -0.05) is 0 Å². The summed E-state index contributed by atoms with van der Waals surface area (Å²) in [6.45, 7) is 2.82. The minimum Gasteiger partial charge on any atom is -0.380 e. The van der Waals surface area contributed by atoms with Gasteiger partial charge in [0.15, 0.2) is 0 Å². The molecule has 1 aromatic heterocycles. The third-order valence-corrected chi connectivity index (χ3v) is 6.96. The number of aryl methyl sites for hydroxylation is 1. The van der Waals surface area contributed by atoms with E-state index in [-0.39, 0.29) is 6.10 Å². The van der Waals surface area contributed by atoms with Crippen molar-refractivity contribution in [1.29, 1.82) is 0 Å². The number of halogens is 1. The second-order valence-electron chi connectivity index (χ2n) is 4.63. The summed E-state index contributed by atoms with van der Waals surface area (Å²) in [7, 11) is -1.79. The maximum atomic E-state index is 12.6. The molecule has 1 fully saturated rings. The summed E-state index contributed by atoms with van der Waals surface area (Å²) >= 11 is 7.22. The van der Waals surface area contributed by atoms with Crippen LogP contribution in [-0.2, 0) is 20.6 Å². The summed E-state index contributed by atoms with van der Waals surface area (Å²) in [6.07, 6.45) is 1.75. The Kier molecular flexibility index (Phi) is 4.89. The molecule has 1 unspecified atom stereocenters. The Morgan fingerprint density at radius 3 is 2.89 bits per heavy atom. The fraction of sp³-hybridized carbons (Fsp3) is 0.667. The van der Waals surface area contributed by atoms with Crippen LogP contribution in [0.25, 0.3) is 0 Å². The molecule has 4 nitrogen and oxygen atoms in total. The summed E-state index contributed by atoms with van der Waals surface area (Å²) in [6, 6.07) is 1.69. The quantitative estimate of drug-likeness (QED) is 0.800. The van der Waals surface area contributed by atoms with E-state index in [4.69, 9.17) is 16.3 Å². The van der Waals surface area contributed by atoms with Gasteiger partial charge in [0.05, 0.1) is 16.9 Å². The molecule has 1 aliphatic heterocycles. The first-order valence-electron chi connectivity index (χ1n) is 6.17. The zero-order valence-electron chi connectivity index (χ0n) is 11.1. The number of methoxy groups -OCH3 is 1. The molecule has 0 N–H and O–H groups in total. The SMILES string of the molecule is COC1CCCN(S(=O)(=O)c2cc(CCl)sc2C)C1. The average molecular weight is 324 g/mol. The van der Waals surface area contributed by atoms with Gasteiger partial charge in [-0.25, -0.2) is 8.42 Å². The first-order valence-corrected chi connectivity index (χ1v) is 8.96. The lowest BCUT2D eigenvalue weighted by Gasteiger charge is -2.31. The Bertz CT molecular complexity index is 541. The van der Waals surface area contributed by atoms with Gasteiger partial charge in [-0.2, -0.15) is 4.31 Å². The van der Waals surface area contributed by atoms with Crippen LogP contribution in [0.5, 0.6) is 0 Å². The fourth-order valence-electron chi connectivity index (χ4n) is 2.30. The minimum absolute atomic E-state index is 0.00466. The largest absolute Gasteiger partial charge is 0.380 e. The number of piperidine rings is 1. The zero-order valence-corrected chi connectivity index (χ0v) is 13.4. The molecule has 7 heteroatoms. The second-order valence-corrected chi connectivity index (χ2v) is 8.14. The van der Waals surface area contributed by atoms with Crippen molar-refractivity contribution in [3.8, 4) is 0 Å². The maximum absolute atomic E-state index is 12.6. The number of nitrogens with zero attached hydrogens (tertiary/aromatic N) is 1. The van der Waals surface area contributed by atoms with Crippen molar-refractivity contribution in [1.82, 2.24) is 4.31 Å². The average Bonchev–Trinajstić information content (AvgIpc) is 2.81. The van der Waals surface area contributed by atoms with Crippen molar-refractivity contribution < 1.29 is 13.2 Å². The Morgan fingerprint density at radius 2 is 2.32 bits per heavy atom. The number of rotatable bonds is 4. The molecule has 1 atom stereocenters. The molecule has 0 bridgehead atoms. The molecule has 0 radical (unpaired) electrons. The van der Waals surface area contributed by atoms with E-state index in [2.05, 4.69) is 0 Å². The van der Waals surface area contributed by atoms with E-state index in [0.717, 1.165) is 22.6 Å². The standard InChI is InChI=1S/C12H18ClNO3S2/c1-9-12(6-11(7-13)18-9)19(15,16)14-5-3-4-10(8-14)17-2/h6,10H,3-5,7-8H2,1-2H3. The Balaban J connectivity index is 2.28. The van der Waals surface area contributed by atoms with E-state index >= 15 is 0 Å². The highest BCUT2D eigenvalue weighted by Gasteiger charge is 2.32. The summed E-state index contributed by atoms with van der Waals surface area (Å²) in [5.74, 6) is 0.349. The van der Waals surface area contributed by atoms with Gasteiger partial charge in [-0.15, -0.1) is 22.9 Å². The number of alkyl halides is 1. The van der Waals surface area contributed by atoms with Gasteiger partial charge in [-0.3, -0.25) is 0 Å². The molecular formula is C12H18ClNO3S2. The van der Waals surface area contributed by atoms with Gasteiger partial charge in [0.25, 0.3) is 0 Å². The predicted octanol–water partition coefficient (Wildman–Crippen LogP) is 2.59. The zero-order chi connectivity index (χ0) is 14.0. The third kappa shape index (κ3) is 3.13. The highest BCUT2D eigenvalue weighted by molar-refractivity contribution is 7.89. The lowest BCUT2D eigenvalue weighted by molar-refractivity contribution is 0.0572. The smallest absolute Gasteiger partial charge is 0.244 e. The van der Waals surface area contributed by atoms with E-state index < -0.39 is 10.0 Å². The number of ether oxygens (including phenoxy) is 1. The number of hydrogen-bond donors (Lipinski definition) is 0. The molecule has 108 valence electrons. The molecule has 0 spiro atoms. The molecule has 2 rings (SSSR count). The van der Waals surface area contributed by atoms with Crippen molar-refractivity contribution in [2.24, 2.45) is 0 Å². The van der Waals surface area contributed by atoms with Crippen LogP contribution in [0.1, 0.15) is 22.6 Å². The van der Waals surface area contributed by atoms with Crippen LogP contribution in [0.3, 0.4) is 0 Å². The molecule has 0 saturated carbocycles. The van der Waals surface area contributed by atoms with Crippen LogP contribution in [0, 0.1) is 6.92 Å². The lowest BCUT2D eigenvalue weighted by atomic mass is 10.1.